The predicted molar refractivity (Wildman–Crippen MR) is 230 cm³/mol. The standard InChI is InChI=1S/C49H39N5O4S/c59-47-57-42-40(31-55-49(37-25-13-4-14-26-37,38-27-15-5-16-28-38)39-29-17-6-18-30-39)56-46(43(42)58-47)54-33-52-41-44(50-32-51-45(41)54)53-48(34-19-7-1-8-20-34,35-21-9-2-10-22-35)36-23-11-3-12-24-36/h1-30,32-33,40,42-43,46H,31H2,(H,50,51,53). The van der Waals surface area contributed by atoms with Gasteiger partial charge in [0, 0.05) is 12.2 Å². The molecule has 59 heavy (non-hydrogen) atoms. The zero-order chi connectivity index (χ0) is 39.7. The van der Waals surface area contributed by atoms with Gasteiger partial charge < -0.3 is 24.3 Å². The quantitative estimate of drug-likeness (QED) is 0.0961. The summed E-state index contributed by atoms with van der Waals surface area (Å²) < 4.78 is 28.3. The van der Waals surface area contributed by atoms with E-state index in [9.17, 15) is 0 Å². The third kappa shape index (κ3) is 6.42. The molecule has 290 valence electrons. The van der Waals surface area contributed by atoms with Crippen molar-refractivity contribution in [3.63, 3.8) is 0 Å². The van der Waals surface area contributed by atoms with Crippen LogP contribution in [-0.4, -0.2) is 49.7 Å². The minimum Gasteiger partial charge on any atom is -0.446 e. The van der Waals surface area contributed by atoms with Crippen LogP contribution in [0.1, 0.15) is 39.6 Å². The normalized spacial score (nSPS) is 18.9. The van der Waals surface area contributed by atoms with Crippen LogP contribution in [0.5, 0.6) is 0 Å². The smallest absolute Gasteiger partial charge is 0.353 e. The van der Waals surface area contributed by atoms with Gasteiger partial charge in [0.1, 0.15) is 23.6 Å². The number of hydrogen-bond acceptors (Lipinski definition) is 9. The van der Waals surface area contributed by atoms with Gasteiger partial charge in [-0.15, -0.1) is 0 Å². The highest BCUT2D eigenvalue weighted by molar-refractivity contribution is 7.79. The topological polar surface area (TPSA) is 92.6 Å². The second kappa shape index (κ2) is 15.6. The van der Waals surface area contributed by atoms with E-state index in [-0.39, 0.29) is 11.8 Å². The maximum Gasteiger partial charge on any atom is 0.353 e. The van der Waals surface area contributed by atoms with Gasteiger partial charge >= 0.3 is 5.24 Å². The van der Waals surface area contributed by atoms with Crippen LogP contribution < -0.4 is 5.32 Å². The maximum atomic E-state index is 7.20. The Morgan fingerprint density at radius 1 is 0.559 bits per heavy atom. The number of nitrogens with zero attached hydrogens (tertiary/aromatic N) is 4. The molecular formula is C49H39N5O4S. The van der Waals surface area contributed by atoms with Crippen LogP contribution in [0.2, 0.25) is 0 Å². The van der Waals surface area contributed by atoms with Crippen LogP contribution >= 0.6 is 12.2 Å². The average molecular weight is 794 g/mol. The van der Waals surface area contributed by atoms with Crippen molar-refractivity contribution in [3.05, 3.63) is 228 Å². The molecule has 0 radical (unpaired) electrons. The maximum absolute atomic E-state index is 7.20. The van der Waals surface area contributed by atoms with Crippen LogP contribution in [0.15, 0.2) is 195 Å². The molecule has 2 aromatic heterocycles. The summed E-state index contributed by atoms with van der Waals surface area (Å²) >= 11 is 5.51. The van der Waals surface area contributed by atoms with Crippen molar-refractivity contribution in [2.75, 3.05) is 11.9 Å². The van der Waals surface area contributed by atoms with Gasteiger partial charge in [0.2, 0.25) is 0 Å². The second-order valence-electron chi connectivity index (χ2n) is 14.6. The molecule has 10 rings (SSSR count). The fraction of sp³-hybridized carbons (Fsp3) is 0.143. The summed E-state index contributed by atoms with van der Waals surface area (Å²) in [5, 5.41) is 3.94. The van der Waals surface area contributed by atoms with E-state index in [1.165, 1.54) is 0 Å². The number of hydrogen-bond donors (Lipinski definition) is 1. The lowest BCUT2D eigenvalue weighted by Crippen LogP contribution is -2.39. The predicted octanol–water partition coefficient (Wildman–Crippen LogP) is 9.21. The number of fused-ring (bicyclic) bond motifs is 2. The van der Waals surface area contributed by atoms with E-state index in [2.05, 4.69) is 78.1 Å². The Labute approximate surface area is 347 Å². The Kier molecular flexibility index (Phi) is 9.65. The van der Waals surface area contributed by atoms with Crippen molar-refractivity contribution in [2.45, 2.75) is 35.7 Å². The molecule has 2 aliphatic heterocycles. The highest BCUT2D eigenvalue weighted by Gasteiger charge is 2.55. The lowest BCUT2D eigenvalue weighted by molar-refractivity contribution is -0.0989. The first kappa shape index (κ1) is 36.6. The molecule has 9 nitrogen and oxygen atoms in total. The Bertz CT molecular complexity index is 2480. The molecular weight excluding hydrogens is 755 g/mol. The van der Waals surface area contributed by atoms with Gasteiger partial charge in [-0.2, -0.15) is 0 Å². The summed E-state index contributed by atoms with van der Waals surface area (Å²) in [5.41, 5.74) is 5.40. The van der Waals surface area contributed by atoms with E-state index in [4.69, 9.17) is 46.1 Å². The third-order valence-corrected chi connectivity index (χ3v) is 11.5. The molecule has 0 amide bonds. The SMILES string of the molecule is S=C1OC2C(COC(c3ccccc3)(c3ccccc3)c3ccccc3)OC(n3cnc4c(NC(c5ccccc5)(c5ccccc5)c5ccccc5)ncnc43)C2O1. The first-order valence-electron chi connectivity index (χ1n) is 19.6. The number of anilines is 1. The average Bonchev–Trinajstić information content (AvgIpc) is 4.01. The van der Waals surface area contributed by atoms with Crippen molar-refractivity contribution in [2.24, 2.45) is 0 Å². The van der Waals surface area contributed by atoms with E-state index in [0.29, 0.717) is 17.0 Å². The number of imidazole rings is 1. The molecule has 2 fully saturated rings. The van der Waals surface area contributed by atoms with Crippen LogP contribution in [0.3, 0.4) is 0 Å². The number of aromatic nitrogens is 4. The fourth-order valence-electron chi connectivity index (χ4n) is 8.65. The molecule has 8 aromatic rings. The highest BCUT2D eigenvalue weighted by atomic mass is 32.1. The van der Waals surface area contributed by atoms with Crippen molar-refractivity contribution >= 4 is 34.4 Å². The van der Waals surface area contributed by atoms with E-state index in [1.807, 2.05) is 114 Å². The number of ether oxygens (including phenoxy) is 4. The molecule has 0 bridgehead atoms. The van der Waals surface area contributed by atoms with Crippen LogP contribution in [0.25, 0.3) is 11.2 Å². The molecule has 0 spiro atoms. The van der Waals surface area contributed by atoms with Crippen molar-refractivity contribution in [3.8, 4) is 0 Å². The van der Waals surface area contributed by atoms with E-state index < -0.39 is 35.7 Å². The summed E-state index contributed by atoms with van der Waals surface area (Å²) in [7, 11) is 0. The first-order valence-corrected chi connectivity index (χ1v) is 20.0. The fourth-order valence-corrected chi connectivity index (χ4v) is 8.87. The van der Waals surface area contributed by atoms with Crippen molar-refractivity contribution < 1.29 is 18.9 Å². The van der Waals surface area contributed by atoms with Gasteiger partial charge in [-0.05, 0) is 33.4 Å². The van der Waals surface area contributed by atoms with Gasteiger partial charge in [0.25, 0.3) is 0 Å². The summed E-state index contributed by atoms with van der Waals surface area (Å²) in [6, 6.07) is 61.9. The zero-order valence-electron chi connectivity index (χ0n) is 31.8. The van der Waals surface area contributed by atoms with Gasteiger partial charge in [-0.3, -0.25) is 4.57 Å². The first-order chi connectivity index (χ1) is 29.1. The molecule has 4 atom stereocenters. The summed E-state index contributed by atoms with van der Waals surface area (Å²) in [5.74, 6) is 0.553. The minimum atomic E-state index is -0.959. The summed E-state index contributed by atoms with van der Waals surface area (Å²) in [6.07, 6.45) is 0.871. The molecule has 1 N–H and O–H groups in total. The Morgan fingerprint density at radius 3 is 1.47 bits per heavy atom. The van der Waals surface area contributed by atoms with E-state index in [1.54, 1.807) is 12.7 Å². The number of rotatable bonds is 12. The molecule has 4 heterocycles. The third-order valence-electron chi connectivity index (χ3n) is 11.3. The van der Waals surface area contributed by atoms with Gasteiger partial charge in [0.05, 0.1) is 12.9 Å². The second-order valence-corrected chi connectivity index (χ2v) is 14.9. The van der Waals surface area contributed by atoms with Crippen molar-refractivity contribution in [1.82, 2.24) is 19.5 Å². The Balaban J connectivity index is 1.02. The van der Waals surface area contributed by atoms with Gasteiger partial charge in [-0.1, -0.05) is 182 Å². The molecule has 0 aliphatic carbocycles. The molecule has 6 aromatic carbocycles. The Hall–Kier alpha value is -6.72. The van der Waals surface area contributed by atoms with Gasteiger partial charge in [0.15, 0.2) is 35.4 Å². The number of benzene rings is 6. The Morgan fingerprint density at radius 2 is 1.00 bits per heavy atom. The lowest BCUT2D eigenvalue weighted by Gasteiger charge is -2.37. The van der Waals surface area contributed by atoms with Crippen molar-refractivity contribution in [1.29, 1.82) is 0 Å². The largest absolute Gasteiger partial charge is 0.446 e. The minimum absolute atomic E-state index is 0.0681. The summed E-state index contributed by atoms with van der Waals surface area (Å²) in [6.45, 7) is 0.157. The summed E-state index contributed by atoms with van der Waals surface area (Å²) in [4.78, 5) is 14.5. The molecule has 10 heteroatoms. The zero-order valence-corrected chi connectivity index (χ0v) is 32.6. The van der Waals surface area contributed by atoms with Crippen LogP contribution in [-0.2, 0) is 30.1 Å². The monoisotopic (exact) mass is 793 g/mol. The highest BCUT2D eigenvalue weighted by Crippen LogP contribution is 2.45. The molecule has 4 unspecified atom stereocenters. The van der Waals surface area contributed by atoms with E-state index in [0.717, 1.165) is 33.4 Å². The van der Waals surface area contributed by atoms with E-state index >= 15 is 0 Å². The molecule has 2 saturated heterocycles. The molecule has 0 saturated carbocycles. The lowest BCUT2D eigenvalue weighted by atomic mass is 9.77. The van der Waals surface area contributed by atoms with Crippen LogP contribution in [0.4, 0.5) is 5.82 Å². The number of nitrogens with one attached hydrogen (secondary N) is 1. The number of thiocarbonyl (C=S) groups is 1. The molecule has 2 aliphatic rings. The van der Waals surface area contributed by atoms with Gasteiger partial charge in [-0.25, -0.2) is 15.0 Å². The van der Waals surface area contributed by atoms with Crippen LogP contribution in [0, 0.1) is 0 Å².